The van der Waals surface area contributed by atoms with Gasteiger partial charge in [-0.15, -0.1) is 0 Å². The molecule has 0 aromatic heterocycles. The first-order valence-corrected chi connectivity index (χ1v) is 9.85. The summed E-state index contributed by atoms with van der Waals surface area (Å²) in [6.07, 6.45) is 1.88. The first kappa shape index (κ1) is 18.1. The number of nitrogens with one attached hydrogen (secondary N) is 1. The van der Waals surface area contributed by atoms with Crippen LogP contribution in [0.5, 0.6) is 0 Å². The van der Waals surface area contributed by atoms with Crippen LogP contribution >= 0.6 is 23.4 Å². The van der Waals surface area contributed by atoms with Gasteiger partial charge in [-0.3, -0.25) is 4.79 Å². The number of ether oxygens (including phenoxy) is 1. The third-order valence-corrected chi connectivity index (χ3v) is 5.40. The number of rotatable bonds is 3. The molecule has 7 heteroatoms. The van der Waals surface area contributed by atoms with Gasteiger partial charge in [0.05, 0.1) is 23.8 Å². The summed E-state index contributed by atoms with van der Waals surface area (Å²) >= 11 is 7.31. The molecule has 2 fully saturated rings. The summed E-state index contributed by atoms with van der Waals surface area (Å²) in [7, 11) is 0. The minimum atomic E-state index is -0.141. The molecule has 1 N–H and O–H groups in total. The maximum Gasteiger partial charge on any atom is 0.264 e. The van der Waals surface area contributed by atoms with Gasteiger partial charge in [-0.25, -0.2) is 4.99 Å². The molecule has 0 spiro atoms. The number of amides is 1. The lowest BCUT2D eigenvalue weighted by atomic mass is 10.1. The van der Waals surface area contributed by atoms with Crippen molar-refractivity contribution < 1.29 is 9.53 Å². The fraction of sp³-hybridized carbons (Fsp3) is 0.200. The molecule has 1 amide bonds. The van der Waals surface area contributed by atoms with E-state index in [1.807, 2.05) is 30.3 Å². The van der Waals surface area contributed by atoms with Crippen LogP contribution in [-0.2, 0) is 9.53 Å². The number of morpholine rings is 1. The zero-order valence-corrected chi connectivity index (χ0v) is 16.1. The summed E-state index contributed by atoms with van der Waals surface area (Å²) in [6, 6.07) is 15.4. The number of amidine groups is 1. The average Bonchev–Trinajstić information content (AvgIpc) is 3.02. The van der Waals surface area contributed by atoms with Crippen molar-refractivity contribution in [1.29, 1.82) is 0 Å². The van der Waals surface area contributed by atoms with Gasteiger partial charge >= 0.3 is 0 Å². The van der Waals surface area contributed by atoms with Crippen LogP contribution in [-0.4, -0.2) is 37.4 Å². The molecule has 4 rings (SSSR count). The number of hydrogen-bond acceptors (Lipinski definition) is 5. The van der Waals surface area contributed by atoms with E-state index in [1.165, 1.54) is 17.4 Å². The zero-order chi connectivity index (χ0) is 18.6. The third kappa shape index (κ3) is 4.53. The fourth-order valence-electron chi connectivity index (χ4n) is 2.90. The van der Waals surface area contributed by atoms with Crippen molar-refractivity contribution in [2.24, 2.45) is 4.99 Å². The number of anilines is 1. The highest BCUT2D eigenvalue weighted by molar-refractivity contribution is 8.18. The van der Waals surface area contributed by atoms with Gasteiger partial charge in [-0.1, -0.05) is 29.8 Å². The zero-order valence-electron chi connectivity index (χ0n) is 14.5. The van der Waals surface area contributed by atoms with Crippen molar-refractivity contribution in [3.05, 3.63) is 64.0 Å². The molecule has 0 aliphatic carbocycles. The monoisotopic (exact) mass is 399 g/mol. The number of benzene rings is 2. The van der Waals surface area contributed by atoms with Gasteiger partial charge in [0, 0.05) is 23.8 Å². The van der Waals surface area contributed by atoms with Crippen LogP contribution in [0.1, 0.15) is 5.56 Å². The van der Waals surface area contributed by atoms with Crippen molar-refractivity contribution in [2.45, 2.75) is 0 Å². The van der Waals surface area contributed by atoms with Crippen molar-refractivity contribution in [3.8, 4) is 0 Å². The van der Waals surface area contributed by atoms with Crippen molar-refractivity contribution in [2.75, 3.05) is 31.2 Å². The molecule has 2 saturated heterocycles. The van der Waals surface area contributed by atoms with Gasteiger partial charge in [-0.05, 0) is 53.7 Å². The quantitative estimate of drug-likeness (QED) is 0.790. The van der Waals surface area contributed by atoms with E-state index in [1.54, 1.807) is 12.1 Å². The summed E-state index contributed by atoms with van der Waals surface area (Å²) in [4.78, 5) is 19.6. The second-order valence-corrected chi connectivity index (χ2v) is 7.62. The Morgan fingerprint density at radius 2 is 1.93 bits per heavy atom. The van der Waals surface area contributed by atoms with Gasteiger partial charge in [0.15, 0.2) is 5.17 Å². The van der Waals surface area contributed by atoms with Crippen LogP contribution in [0.25, 0.3) is 6.08 Å². The number of aliphatic imine (C=N–C) groups is 1. The maximum absolute atomic E-state index is 12.2. The van der Waals surface area contributed by atoms with Crippen LogP contribution < -0.4 is 10.2 Å². The Balaban J connectivity index is 1.48. The predicted molar refractivity (Wildman–Crippen MR) is 112 cm³/mol. The molecule has 0 bridgehead atoms. The Bertz CT molecular complexity index is 906. The van der Waals surface area contributed by atoms with Crippen LogP contribution in [0.3, 0.4) is 0 Å². The molecule has 0 unspecified atom stereocenters. The average molecular weight is 400 g/mol. The minimum absolute atomic E-state index is 0.141. The molecular weight excluding hydrogens is 382 g/mol. The normalized spacial score (nSPS) is 20.3. The Hall–Kier alpha value is -2.28. The van der Waals surface area contributed by atoms with Crippen LogP contribution in [0.2, 0.25) is 5.02 Å². The molecule has 2 aliphatic rings. The molecule has 5 nitrogen and oxygen atoms in total. The van der Waals surface area contributed by atoms with E-state index in [9.17, 15) is 4.79 Å². The third-order valence-electron chi connectivity index (χ3n) is 4.26. The van der Waals surface area contributed by atoms with Gasteiger partial charge in [0.1, 0.15) is 0 Å². The summed E-state index contributed by atoms with van der Waals surface area (Å²) in [5, 5.41) is 3.96. The minimum Gasteiger partial charge on any atom is -0.378 e. The number of carbonyl (C=O) groups excluding carboxylic acids is 1. The van der Waals surface area contributed by atoms with Gasteiger partial charge in [0.2, 0.25) is 0 Å². The molecule has 2 aromatic rings. The summed E-state index contributed by atoms with van der Waals surface area (Å²) < 4.78 is 5.39. The van der Waals surface area contributed by atoms with E-state index in [2.05, 4.69) is 27.3 Å². The molecule has 2 aromatic carbocycles. The van der Waals surface area contributed by atoms with Gasteiger partial charge in [0.25, 0.3) is 5.91 Å². The van der Waals surface area contributed by atoms with E-state index in [0.717, 1.165) is 31.9 Å². The van der Waals surface area contributed by atoms with E-state index in [-0.39, 0.29) is 5.91 Å². The lowest BCUT2D eigenvalue weighted by Gasteiger charge is -2.28. The highest BCUT2D eigenvalue weighted by Crippen LogP contribution is 2.29. The Morgan fingerprint density at radius 1 is 1.15 bits per heavy atom. The largest absolute Gasteiger partial charge is 0.378 e. The Morgan fingerprint density at radius 3 is 2.67 bits per heavy atom. The topological polar surface area (TPSA) is 53.9 Å². The molecule has 2 heterocycles. The van der Waals surface area contributed by atoms with Crippen molar-refractivity contribution >= 4 is 51.9 Å². The van der Waals surface area contributed by atoms with Crippen molar-refractivity contribution in [1.82, 2.24) is 5.32 Å². The number of thioether (sulfide) groups is 1. The second-order valence-electron chi connectivity index (χ2n) is 6.15. The smallest absolute Gasteiger partial charge is 0.264 e. The van der Waals surface area contributed by atoms with E-state index in [0.29, 0.717) is 20.8 Å². The highest BCUT2D eigenvalue weighted by atomic mass is 35.5. The summed E-state index contributed by atoms with van der Waals surface area (Å²) in [5.74, 6) is -0.141. The Kier molecular flexibility index (Phi) is 5.48. The number of nitrogens with zero attached hydrogens (tertiary/aromatic N) is 2. The van der Waals surface area contributed by atoms with E-state index >= 15 is 0 Å². The summed E-state index contributed by atoms with van der Waals surface area (Å²) in [6.45, 7) is 3.33. The molecule has 0 radical (unpaired) electrons. The first-order chi connectivity index (χ1) is 13.2. The maximum atomic E-state index is 12.2. The number of hydrogen-bond donors (Lipinski definition) is 1. The number of carbonyl (C=O) groups is 1. The molecule has 27 heavy (non-hydrogen) atoms. The lowest BCUT2D eigenvalue weighted by Crippen LogP contribution is -2.36. The Labute approximate surface area is 167 Å². The number of halogens is 1. The second kappa shape index (κ2) is 8.17. The SMILES string of the molecule is O=C1NC(=Nc2cccc(Cl)c2)S/C1=C\c1ccc(N2CCOCC2)cc1. The van der Waals surface area contributed by atoms with E-state index in [4.69, 9.17) is 16.3 Å². The standard InChI is InChI=1S/C20H18ClN3O2S/c21-15-2-1-3-16(13-15)22-20-23-19(25)18(27-20)12-14-4-6-17(7-5-14)24-8-10-26-11-9-24/h1-7,12-13H,8-11H2,(H,22,23,25)/b18-12-. The highest BCUT2D eigenvalue weighted by Gasteiger charge is 2.23. The van der Waals surface area contributed by atoms with Gasteiger partial charge in [-0.2, -0.15) is 0 Å². The molecular formula is C20H18ClN3O2S. The molecule has 0 saturated carbocycles. The fourth-order valence-corrected chi connectivity index (χ4v) is 3.92. The van der Waals surface area contributed by atoms with E-state index < -0.39 is 0 Å². The van der Waals surface area contributed by atoms with Gasteiger partial charge < -0.3 is 15.0 Å². The van der Waals surface area contributed by atoms with Crippen LogP contribution in [0.15, 0.2) is 58.4 Å². The van der Waals surface area contributed by atoms with Crippen LogP contribution in [0, 0.1) is 0 Å². The van der Waals surface area contributed by atoms with Crippen molar-refractivity contribution in [3.63, 3.8) is 0 Å². The van der Waals surface area contributed by atoms with Crippen LogP contribution in [0.4, 0.5) is 11.4 Å². The lowest BCUT2D eigenvalue weighted by molar-refractivity contribution is -0.115. The predicted octanol–water partition coefficient (Wildman–Crippen LogP) is 4.07. The first-order valence-electron chi connectivity index (χ1n) is 8.65. The molecule has 2 aliphatic heterocycles. The summed E-state index contributed by atoms with van der Waals surface area (Å²) in [5.41, 5.74) is 2.86. The molecule has 0 atom stereocenters. The molecule has 138 valence electrons.